The molecule has 0 bridgehead atoms. The Kier molecular flexibility index (Phi) is 4.22. The van der Waals surface area contributed by atoms with Crippen LogP contribution >= 0.6 is 0 Å². The van der Waals surface area contributed by atoms with Gasteiger partial charge in [-0.25, -0.2) is 0 Å². The molecule has 0 amide bonds. The Hall–Kier alpha value is -1.44. The smallest absolute Gasteiger partial charge is 0.0372 e. The Bertz CT molecular complexity index is 375. The number of aliphatic imine (C=N–C) groups is 1. The zero-order valence-corrected chi connectivity index (χ0v) is 9.91. The lowest BCUT2D eigenvalue weighted by Gasteiger charge is -1.86. The number of aromatic nitrogens is 1. The third kappa shape index (κ3) is 4.07. The van der Waals surface area contributed by atoms with Gasteiger partial charge in [0.2, 0.25) is 0 Å². The fourth-order valence-corrected chi connectivity index (χ4v) is 1.38. The van der Waals surface area contributed by atoms with Gasteiger partial charge in [-0.1, -0.05) is 6.07 Å². The largest absolute Gasteiger partial charge is 0.263 e. The molecule has 0 radical (unpaired) electrons. The summed E-state index contributed by atoms with van der Waals surface area (Å²) in [6, 6.07) is 5.86. The van der Waals surface area contributed by atoms with Crippen molar-refractivity contribution in [3.05, 3.63) is 41.4 Å². The molecular formula is C13H18N2. The van der Waals surface area contributed by atoms with Crippen molar-refractivity contribution in [1.82, 2.24) is 4.98 Å². The van der Waals surface area contributed by atoms with Crippen LogP contribution in [0.4, 0.5) is 0 Å². The minimum Gasteiger partial charge on any atom is -0.263 e. The van der Waals surface area contributed by atoms with Crippen LogP contribution in [0.2, 0.25) is 0 Å². The highest BCUT2D eigenvalue weighted by molar-refractivity contribution is 5.87. The van der Waals surface area contributed by atoms with Gasteiger partial charge in [0.25, 0.3) is 0 Å². The van der Waals surface area contributed by atoms with E-state index in [0.29, 0.717) is 0 Å². The number of hydrogen-bond acceptors (Lipinski definition) is 2. The molecular weight excluding hydrogens is 184 g/mol. The first-order valence-corrected chi connectivity index (χ1v) is 5.17. The van der Waals surface area contributed by atoms with E-state index in [1.165, 1.54) is 17.0 Å². The molecule has 0 aliphatic carbocycles. The Labute approximate surface area is 91.8 Å². The normalized spacial score (nSPS) is 14.5. The first-order chi connectivity index (χ1) is 7.09. The van der Waals surface area contributed by atoms with E-state index in [0.717, 1.165) is 12.1 Å². The topological polar surface area (TPSA) is 25.2 Å². The molecule has 2 heteroatoms. The van der Waals surface area contributed by atoms with E-state index >= 15 is 0 Å². The predicted molar refractivity (Wildman–Crippen MR) is 65.1 cm³/mol. The van der Waals surface area contributed by atoms with E-state index in [1.807, 2.05) is 25.1 Å². The summed E-state index contributed by atoms with van der Waals surface area (Å²) in [6.07, 6.45) is 2.88. The Balaban J connectivity index is 0.000000151. The predicted octanol–water partition coefficient (Wildman–Crippen LogP) is 3.53. The highest BCUT2D eigenvalue weighted by atomic mass is 14.8. The molecule has 2 heterocycles. The van der Waals surface area contributed by atoms with Crippen LogP contribution in [0.5, 0.6) is 0 Å². The maximum absolute atomic E-state index is 4.27. The first-order valence-electron chi connectivity index (χ1n) is 5.17. The van der Waals surface area contributed by atoms with Crippen LogP contribution in [0.3, 0.4) is 0 Å². The molecule has 1 aliphatic rings. The minimum atomic E-state index is 1.07. The van der Waals surface area contributed by atoms with Crippen molar-refractivity contribution in [2.45, 2.75) is 34.1 Å². The van der Waals surface area contributed by atoms with Gasteiger partial charge in [0.1, 0.15) is 0 Å². The van der Waals surface area contributed by atoms with E-state index in [9.17, 15) is 0 Å². The highest BCUT2D eigenvalue weighted by Gasteiger charge is 2.04. The van der Waals surface area contributed by atoms with Crippen molar-refractivity contribution >= 4 is 5.71 Å². The SMILES string of the molecule is CC1=NC(C)=C(C)C1.Cc1ccccn1. The number of aryl methyl sites for hydroxylation is 1. The van der Waals surface area contributed by atoms with E-state index in [2.05, 4.69) is 30.7 Å². The van der Waals surface area contributed by atoms with Gasteiger partial charge in [0.05, 0.1) is 0 Å². The Morgan fingerprint density at radius 2 is 1.80 bits per heavy atom. The lowest BCUT2D eigenvalue weighted by molar-refractivity contribution is 1.20. The van der Waals surface area contributed by atoms with Gasteiger partial charge in [-0.05, 0) is 45.4 Å². The van der Waals surface area contributed by atoms with Gasteiger partial charge in [-0.3, -0.25) is 9.98 Å². The summed E-state index contributed by atoms with van der Waals surface area (Å²) in [6.45, 7) is 8.24. The van der Waals surface area contributed by atoms with Crippen LogP contribution < -0.4 is 0 Å². The number of hydrogen-bond donors (Lipinski definition) is 0. The molecule has 80 valence electrons. The molecule has 1 aliphatic heterocycles. The lowest BCUT2D eigenvalue weighted by atomic mass is 10.2. The Morgan fingerprint density at radius 3 is 2.00 bits per heavy atom. The molecule has 0 spiro atoms. The fraction of sp³-hybridized carbons (Fsp3) is 0.385. The molecule has 0 N–H and O–H groups in total. The summed E-state index contributed by atoms with van der Waals surface area (Å²) in [5, 5.41) is 0. The molecule has 0 saturated carbocycles. The van der Waals surface area contributed by atoms with Gasteiger partial charge >= 0.3 is 0 Å². The van der Waals surface area contributed by atoms with Crippen molar-refractivity contribution < 1.29 is 0 Å². The molecule has 0 saturated heterocycles. The zero-order chi connectivity index (χ0) is 11.3. The van der Waals surface area contributed by atoms with Crippen LogP contribution in [-0.4, -0.2) is 10.7 Å². The second-order valence-electron chi connectivity index (χ2n) is 3.86. The summed E-state index contributed by atoms with van der Waals surface area (Å²) >= 11 is 0. The molecule has 0 fully saturated rings. The van der Waals surface area contributed by atoms with Gasteiger partial charge in [0.15, 0.2) is 0 Å². The molecule has 0 unspecified atom stereocenters. The molecule has 2 nitrogen and oxygen atoms in total. The standard InChI is InChI=1S/C7H11N.C6H7N/c1-5-4-6(2)8-7(5)3;1-6-4-2-3-5-7-6/h4H2,1-3H3;2-5H,1H3. The average molecular weight is 202 g/mol. The van der Waals surface area contributed by atoms with E-state index < -0.39 is 0 Å². The molecule has 0 aromatic carbocycles. The highest BCUT2D eigenvalue weighted by Crippen LogP contribution is 2.17. The molecule has 0 atom stereocenters. The maximum atomic E-state index is 4.27. The quantitative estimate of drug-likeness (QED) is 0.631. The van der Waals surface area contributed by atoms with Crippen LogP contribution in [-0.2, 0) is 0 Å². The average Bonchev–Trinajstić information content (AvgIpc) is 2.46. The van der Waals surface area contributed by atoms with Crippen LogP contribution in [0, 0.1) is 6.92 Å². The van der Waals surface area contributed by atoms with Crippen molar-refractivity contribution in [3.63, 3.8) is 0 Å². The van der Waals surface area contributed by atoms with Crippen molar-refractivity contribution in [2.24, 2.45) is 4.99 Å². The minimum absolute atomic E-state index is 1.07. The summed E-state index contributed by atoms with van der Waals surface area (Å²) in [4.78, 5) is 8.25. The summed E-state index contributed by atoms with van der Waals surface area (Å²) in [7, 11) is 0. The first kappa shape index (κ1) is 11.6. The van der Waals surface area contributed by atoms with Gasteiger partial charge in [0, 0.05) is 29.7 Å². The Morgan fingerprint density at radius 1 is 1.07 bits per heavy atom. The number of allylic oxidation sites excluding steroid dienone is 2. The van der Waals surface area contributed by atoms with E-state index in [4.69, 9.17) is 0 Å². The molecule has 1 aromatic rings. The van der Waals surface area contributed by atoms with E-state index in [-0.39, 0.29) is 0 Å². The summed E-state index contributed by atoms with van der Waals surface area (Å²) in [5.41, 5.74) is 4.95. The number of pyridine rings is 1. The second kappa shape index (κ2) is 5.44. The van der Waals surface area contributed by atoms with Gasteiger partial charge in [-0.15, -0.1) is 0 Å². The van der Waals surface area contributed by atoms with Gasteiger partial charge in [-0.2, -0.15) is 0 Å². The van der Waals surface area contributed by atoms with E-state index in [1.54, 1.807) is 6.20 Å². The fourth-order valence-electron chi connectivity index (χ4n) is 1.38. The third-order valence-corrected chi connectivity index (χ3v) is 2.31. The molecule has 15 heavy (non-hydrogen) atoms. The molecule has 1 aromatic heterocycles. The van der Waals surface area contributed by atoms with Crippen molar-refractivity contribution in [2.75, 3.05) is 0 Å². The van der Waals surface area contributed by atoms with Crippen molar-refractivity contribution in [3.8, 4) is 0 Å². The lowest BCUT2D eigenvalue weighted by Crippen LogP contribution is -1.82. The molecule has 2 rings (SSSR count). The number of nitrogens with zero attached hydrogens (tertiary/aromatic N) is 2. The summed E-state index contributed by atoms with van der Waals surface area (Å²) < 4.78 is 0. The van der Waals surface area contributed by atoms with Crippen molar-refractivity contribution in [1.29, 1.82) is 0 Å². The van der Waals surface area contributed by atoms with Crippen LogP contribution in [0.25, 0.3) is 0 Å². The summed E-state index contributed by atoms with van der Waals surface area (Å²) in [5.74, 6) is 0. The van der Waals surface area contributed by atoms with Crippen LogP contribution in [0.15, 0.2) is 40.7 Å². The number of rotatable bonds is 0. The third-order valence-electron chi connectivity index (χ3n) is 2.31. The monoisotopic (exact) mass is 202 g/mol. The maximum Gasteiger partial charge on any atom is 0.0372 e. The van der Waals surface area contributed by atoms with Crippen LogP contribution in [0.1, 0.15) is 32.9 Å². The zero-order valence-electron chi connectivity index (χ0n) is 9.91. The van der Waals surface area contributed by atoms with Gasteiger partial charge < -0.3 is 0 Å². The second-order valence-corrected chi connectivity index (χ2v) is 3.86.